The van der Waals surface area contributed by atoms with E-state index < -0.39 is 11.4 Å². The van der Waals surface area contributed by atoms with Crippen molar-refractivity contribution in [3.05, 3.63) is 83.2 Å². The Hall–Kier alpha value is -3.48. The van der Waals surface area contributed by atoms with Crippen LogP contribution in [-0.4, -0.2) is 26.9 Å². The smallest absolute Gasteiger partial charge is 0.252 e. The van der Waals surface area contributed by atoms with E-state index in [1.807, 2.05) is 25.3 Å². The number of carbonyl (C=O) groups excluding carboxylic acids is 2. The second-order valence-corrected chi connectivity index (χ2v) is 8.33. The summed E-state index contributed by atoms with van der Waals surface area (Å²) >= 11 is 0. The van der Waals surface area contributed by atoms with Crippen LogP contribution in [0.5, 0.6) is 0 Å². The van der Waals surface area contributed by atoms with Gasteiger partial charge in [0.25, 0.3) is 5.91 Å². The van der Waals surface area contributed by atoms with Gasteiger partial charge >= 0.3 is 0 Å². The van der Waals surface area contributed by atoms with Gasteiger partial charge in [-0.1, -0.05) is 18.2 Å². The van der Waals surface area contributed by atoms with Crippen LogP contribution in [0, 0.1) is 12.7 Å². The maximum Gasteiger partial charge on any atom is 0.252 e. The highest BCUT2D eigenvalue weighted by Crippen LogP contribution is 2.38. The van der Waals surface area contributed by atoms with Crippen molar-refractivity contribution < 1.29 is 14.0 Å². The Labute approximate surface area is 179 Å². The van der Waals surface area contributed by atoms with Crippen LogP contribution in [0.15, 0.2) is 54.7 Å². The maximum absolute atomic E-state index is 13.2. The Morgan fingerprint density at radius 3 is 2.61 bits per heavy atom. The molecule has 0 saturated heterocycles. The summed E-state index contributed by atoms with van der Waals surface area (Å²) in [5, 5.41) is 5.99. The number of hydrogen-bond acceptors (Lipinski definition) is 3. The van der Waals surface area contributed by atoms with Gasteiger partial charge in [0.1, 0.15) is 17.2 Å². The van der Waals surface area contributed by atoms with Crippen LogP contribution in [0.1, 0.15) is 52.7 Å². The number of imidazole rings is 1. The number of fused-ring (bicyclic) bond motifs is 3. The fourth-order valence-corrected chi connectivity index (χ4v) is 4.24. The molecule has 1 aromatic heterocycles. The molecule has 158 valence electrons. The van der Waals surface area contributed by atoms with Gasteiger partial charge in [0.05, 0.1) is 11.7 Å². The lowest BCUT2D eigenvalue weighted by Crippen LogP contribution is -2.50. The number of amides is 2. The highest BCUT2D eigenvalue weighted by Gasteiger charge is 2.52. The van der Waals surface area contributed by atoms with Crippen molar-refractivity contribution in [3.63, 3.8) is 0 Å². The molecule has 7 heteroatoms. The lowest BCUT2D eigenvalue weighted by atomic mass is 10.0. The summed E-state index contributed by atoms with van der Waals surface area (Å²) < 4.78 is 15.2. The van der Waals surface area contributed by atoms with Crippen LogP contribution in [0.4, 0.5) is 4.39 Å². The number of aryl methyl sites for hydroxylation is 2. The van der Waals surface area contributed by atoms with Crippen LogP contribution in [0.2, 0.25) is 0 Å². The van der Waals surface area contributed by atoms with E-state index in [9.17, 15) is 14.0 Å². The standard InChI is InChI=1S/C24H23FN4O2/c1-15-14-26-21-19(11-8-16-4-2-3-5-20(16)29(15)21)27-23(31)24(12-13-24)28-22(30)17-6-9-18(25)10-7-17/h2-7,9-10,14,19H,8,11-13H2,1H3,(H,27,31)(H,28,30). The number of aromatic nitrogens is 2. The van der Waals surface area contributed by atoms with Crippen molar-refractivity contribution in [1.82, 2.24) is 20.2 Å². The number of hydrogen-bond donors (Lipinski definition) is 2. The lowest BCUT2D eigenvalue weighted by Gasteiger charge is -2.22. The molecule has 1 fully saturated rings. The maximum atomic E-state index is 13.2. The molecule has 3 aromatic rings. The normalized spacial score (nSPS) is 18.3. The molecule has 1 atom stereocenters. The zero-order valence-electron chi connectivity index (χ0n) is 17.2. The molecule has 2 N–H and O–H groups in total. The molecule has 0 bridgehead atoms. The molecule has 1 unspecified atom stereocenters. The highest BCUT2D eigenvalue weighted by atomic mass is 19.1. The number of carbonyl (C=O) groups is 2. The van der Waals surface area contributed by atoms with Gasteiger partial charge in [-0.05, 0) is 68.5 Å². The first-order valence-corrected chi connectivity index (χ1v) is 10.5. The van der Waals surface area contributed by atoms with Crippen molar-refractivity contribution in [2.45, 2.75) is 44.2 Å². The predicted octanol–water partition coefficient (Wildman–Crippen LogP) is 3.39. The van der Waals surface area contributed by atoms with Crippen molar-refractivity contribution in [3.8, 4) is 5.69 Å². The number of nitrogens with zero attached hydrogens (tertiary/aromatic N) is 2. The van der Waals surface area contributed by atoms with E-state index in [4.69, 9.17) is 0 Å². The average molecular weight is 418 g/mol. The minimum absolute atomic E-state index is 0.203. The monoisotopic (exact) mass is 418 g/mol. The first-order valence-electron chi connectivity index (χ1n) is 10.5. The molecule has 2 aromatic carbocycles. The molecule has 5 rings (SSSR count). The van der Waals surface area contributed by atoms with E-state index in [0.29, 0.717) is 18.4 Å². The summed E-state index contributed by atoms with van der Waals surface area (Å²) in [6, 6.07) is 13.3. The Morgan fingerprint density at radius 1 is 1.13 bits per heavy atom. The quantitative estimate of drug-likeness (QED) is 0.682. The van der Waals surface area contributed by atoms with E-state index in [1.165, 1.54) is 29.8 Å². The van der Waals surface area contributed by atoms with Crippen LogP contribution < -0.4 is 10.6 Å². The summed E-state index contributed by atoms with van der Waals surface area (Å²) in [5.41, 5.74) is 2.73. The predicted molar refractivity (Wildman–Crippen MR) is 113 cm³/mol. The fraction of sp³-hybridized carbons (Fsp3) is 0.292. The van der Waals surface area contributed by atoms with Crippen molar-refractivity contribution >= 4 is 11.8 Å². The number of rotatable bonds is 4. The first kappa shape index (κ1) is 19.5. The largest absolute Gasteiger partial charge is 0.344 e. The van der Waals surface area contributed by atoms with E-state index in [0.717, 1.165) is 30.0 Å². The van der Waals surface area contributed by atoms with Crippen molar-refractivity contribution in [2.24, 2.45) is 0 Å². The second-order valence-electron chi connectivity index (χ2n) is 8.33. The number of nitrogens with one attached hydrogen (secondary N) is 2. The zero-order valence-corrected chi connectivity index (χ0v) is 17.2. The second kappa shape index (κ2) is 7.34. The van der Waals surface area contributed by atoms with Gasteiger partial charge in [-0.15, -0.1) is 0 Å². The van der Waals surface area contributed by atoms with Crippen LogP contribution in [-0.2, 0) is 11.2 Å². The van der Waals surface area contributed by atoms with Gasteiger partial charge in [0.2, 0.25) is 5.91 Å². The molecule has 1 aliphatic carbocycles. The number of benzene rings is 2. The Kier molecular flexibility index (Phi) is 4.61. The minimum Gasteiger partial charge on any atom is -0.344 e. The Bertz CT molecular complexity index is 1160. The Balaban J connectivity index is 1.36. The molecule has 0 spiro atoms. The fourth-order valence-electron chi connectivity index (χ4n) is 4.24. The van der Waals surface area contributed by atoms with Crippen LogP contribution in [0.25, 0.3) is 5.69 Å². The molecule has 2 aliphatic rings. The third-order valence-electron chi connectivity index (χ3n) is 6.16. The summed E-state index contributed by atoms with van der Waals surface area (Å²) in [5.74, 6) is -0.184. The molecule has 2 heterocycles. The van der Waals surface area contributed by atoms with Gasteiger partial charge < -0.3 is 10.6 Å². The summed E-state index contributed by atoms with van der Waals surface area (Å²) in [4.78, 5) is 30.4. The third-order valence-corrected chi connectivity index (χ3v) is 6.16. The van der Waals surface area contributed by atoms with Crippen LogP contribution in [0.3, 0.4) is 0 Å². The summed E-state index contributed by atoms with van der Waals surface area (Å²) in [6.45, 7) is 2.00. The van der Waals surface area contributed by atoms with E-state index in [1.54, 1.807) is 0 Å². The highest BCUT2D eigenvalue weighted by molar-refractivity contribution is 6.00. The molecule has 1 saturated carbocycles. The third kappa shape index (κ3) is 3.50. The minimum atomic E-state index is -0.920. The molecule has 2 amide bonds. The van der Waals surface area contributed by atoms with E-state index >= 15 is 0 Å². The summed E-state index contributed by atoms with van der Waals surface area (Å²) in [6.07, 6.45) is 4.51. The van der Waals surface area contributed by atoms with Gasteiger partial charge in [-0.2, -0.15) is 0 Å². The first-order chi connectivity index (χ1) is 15.0. The SMILES string of the molecule is Cc1cnc2n1-c1ccccc1CCC2NC(=O)C1(NC(=O)c2ccc(F)cc2)CC1. The molecule has 0 radical (unpaired) electrons. The molecule has 1 aliphatic heterocycles. The van der Waals surface area contributed by atoms with Crippen molar-refractivity contribution in [2.75, 3.05) is 0 Å². The molecule has 6 nitrogen and oxygen atoms in total. The number of para-hydroxylation sites is 1. The van der Waals surface area contributed by atoms with Crippen LogP contribution >= 0.6 is 0 Å². The average Bonchev–Trinajstić information content (AvgIpc) is 3.48. The molecular weight excluding hydrogens is 395 g/mol. The van der Waals surface area contributed by atoms with Gasteiger partial charge in [0, 0.05) is 17.5 Å². The lowest BCUT2D eigenvalue weighted by molar-refractivity contribution is -0.124. The van der Waals surface area contributed by atoms with Crippen molar-refractivity contribution in [1.29, 1.82) is 0 Å². The van der Waals surface area contributed by atoms with Gasteiger partial charge in [-0.3, -0.25) is 14.2 Å². The zero-order chi connectivity index (χ0) is 21.6. The summed E-state index contributed by atoms with van der Waals surface area (Å²) in [7, 11) is 0. The number of halogens is 1. The topological polar surface area (TPSA) is 76.0 Å². The van der Waals surface area contributed by atoms with Gasteiger partial charge in [-0.25, -0.2) is 9.37 Å². The van der Waals surface area contributed by atoms with E-state index in [2.05, 4.69) is 32.3 Å². The molecule has 31 heavy (non-hydrogen) atoms. The molecular formula is C24H23FN4O2. The Morgan fingerprint density at radius 2 is 1.87 bits per heavy atom. The van der Waals surface area contributed by atoms with Gasteiger partial charge in [0.15, 0.2) is 0 Å². The van der Waals surface area contributed by atoms with E-state index in [-0.39, 0.29) is 17.9 Å².